The fraction of sp³-hybridized carbons (Fsp3) is 0.300. The van der Waals surface area contributed by atoms with Crippen molar-refractivity contribution in [1.82, 2.24) is 0 Å². The molecule has 94 valence electrons. The predicted octanol–water partition coefficient (Wildman–Crippen LogP) is 3.32. The zero-order valence-corrected chi connectivity index (χ0v) is 9.69. The molecular formula is C10H10F3NO2S. The van der Waals surface area contributed by atoms with Gasteiger partial charge >= 0.3 is 6.36 Å². The lowest BCUT2D eigenvalue weighted by atomic mass is 10.3. The molecule has 0 saturated heterocycles. The Bertz CT molecular complexity index is 378. The molecule has 17 heavy (non-hydrogen) atoms. The highest BCUT2D eigenvalue weighted by Crippen LogP contribution is 2.23. The van der Waals surface area contributed by atoms with Gasteiger partial charge in [-0.15, -0.1) is 13.2 Å². The van der Waals surface area contributed by atoms with Gasteiger partial charge in [0.05, 0.1) is 6.61 Å². The molecule has 1 rings (SSSR count). The number of nitrogens with one attached hydrogen (secondary N) is 1. The van der Waals surface area contributed by atoms with Gasteiger partial charge in [-0.1, -0.05) is 0 Å². The Hall–Kier alpha value is -1.50. The molecule has 7 heteroatoms. The van der Waals surface area contributed by atoms with Gasteiger partial charge in [0.2, 0.25) is 0 Å². The third kappa shape index (κ3) is 5.39. The van der Waals surface area contributed by atoms with Crippen LogP contribution in [0.5, 0.6) is 5.75 Å². The molecular weight excluding hydrogens is 255 g/mol. The third-order valence-electron chi connectivity index (χ3n) is 1.61. The van der Waals surface area contributed by atoms with Crippen molar-refractivity contribution in [2.24, 2.45) is 0 Å². The van der Waals surface area contributed by atoms with E-state index in [1.54, 1.807) is 6.92 Å². The summed E-state index contributed by atoms with van der Waals surface area (Å²) in [6, 6.07) is 5.19. The minimum absolute atomic E-state index is 0.164. The smallest absolute Gasteiger partial charge is 0.471 e. The summed E-state index contributed by atoms with van der Waals surface area (Å²) < 4.78 is 44.3. The monoisotopic (exact) mass is 265 g/mol. The van der Waals surface area contributed by atoms with Gasteiger partial charge in [0.25, 0.3) is 5.17 Å². The van der Waals surface area contributed by atoms with Crippen LogP contribution in [0.2, 0.25) is 0 Å². The minimum atomic E-state index is -4.68. The molecule has 0 unspecified atom stereocenters. The van der Waals surface area contributed by atoms with Gasteiger partial charge < -0.3 is 14.8 Å². The number of hydrogen-bond donors (Lipinski definition) is 1. The van der Waals surface area contributed by atoms with E-state index in [4.69, 9.17) is 17.0 Å². The summed E-state index contributed by atoms with van der Waals surface area (Å²) in [6.45, 7) is 2.19. The lowest BCUT2D eigenvalue weighted by molar-refractivity contribution is -0.274. The molecule has 1 aromatic rings. The number of thiocarbonyl (C=S) groups is 1. The number of halogens is 3. The molecule has 0 atom stereocenters. The van der Waals surface area contributed by atoms with E-state index in [1.807, 2.05) is 0 Å². The second kappa shape index (κ2) is 5.72. The first-order valence-corrected chi connectivity index (χ1v) is 5.11. The number of rotatable bonds is 3. The van der Waals surface area contributed by atoms with E-state index >= 15 is 0 Å². The van der Waals surface area contributed by atoms with E-state index < -0.39 is 6.36 Å². The second-order valence-electron chi connectivity index (χ2n) is 2.92. The van der Waals surface area contributed by atoms with Gasteiger partial charge in [-0.25, -0.2) is 0 Å². The molecule has 0 radical (unpaired) electrons. The van der Waals surface area contributed by atoms with Crippen LogP contribution in [0, 0.1) is 0 Å². The third-order valence-corrected chi connectivity index (χ3v) is 1.83. The second-order valence-corrected chi connectivity index (χ2v) is 3.29. The van der Waals surface area contributed by atoms with Crippen molar-refractivity contribution in [2.45, 2.75) is 13.3 Å². The highest BCUT2D eigenvalue weighted by molar-refractivity contribution is 7.80. The van der Waals surface area contributed by atoms with Crippen molar-refractivity contribution in [2.75, 3.05) is 11.9 Å². The first kappa shape index (κ1) is 13.6. The van der Waals surface area contributed by atoms with Crippen LogP contribution in [0.15, 0.2) is 24.3 Å². The number of alkyl halides is 3. The van der Waals surface area contributed by atoms with Crippen molar-refractivity contribution >= 4 is 23.1 Å². The molecule has 0 spiro atoms. The van der Waals surface area contributed by atoms with Crippen LogP contribution in [-0.4, -0.2) is 18.1 Å². The van der Waals surface area contributed by atoms with Crippen LogP contribution in [0.1, 0.15) is 6.92 Å². The highest BCUT2D eigenvalue weighted by atomic mass is 32.1. The Morgan fingerprint density at radius 1 is 1.29 bits per heavy atom. The minimum Gasteiger partial charge on any atom is -0.471 e. The molecule has 1 N–H and O–H groups in total. The maximum atomic E-state index is 11.9. The summed E-state index contributed by atoms with van der Waals surface area (Å²) in [5.41, 5.74) is 0.526. The van der Waals surface area contributed by atoms with Gasteiger partial charge in [-0.05, 0) is 43.4 Å². The maximum Gasteiger partial charge on any atom is 0.573 e. The summed E-state index contributed by atoms with van der Waals surface area (Å²) in [5.74, 6) is -0.287. The molecule has 0 aromatic heterocycles. The average molecular weight is 265 g/mol. The summed E-state index contributed by atoms with van der Waals surface area (Å²) in [5, 5.41) is 2.87. The Morgan fingerprint density at radius 2 is 1.88 bits per heavy atom. The van der Waals surface area contributed by atoms with Crippen molar-refractivity contribution < 1.29 is 22.6 Å². The lowest BCUT2D eigenvalue weighted by Gasteiger charge is -2.10. The van der Waals surface area contributed by atoms with Gasteiger partial charge in [0.1, 0.15) is 5.75 Å². The molecule has 0 aliphatic carbocycles. The molecule has 0 heterocycles. The Labute approximate surface area is 102 Å². The van der Waals surface area contributed by atoms with Crippen LogP contribution in [-0.2, 0) is 4.74 Å². The largest absolute Gasteiger partial charge is 0.573 e. The molecule has 3 nitrogen and oxygen atoms in total. The zero-order chi connectivity index (χ0) is 12.9. The van der Waals surface area contributed by atoms with E-state index in [9.17, 15) is 13.2 Å². The number of ether oxygens (including phenoxy) is 2. The Morgan fingerprint density at radius 3 is 2.35 bits per heavy atom. The van der Waals surface area contributed by atoms with Gasteiger partial charge in [-0.2, -0.15) is 0 Å². The van der Waals surface area contributed by atoms with Crippen molar-refractivity contribution in [1.29, 1.82) is 0 Å². The molecule has 1 aromatic carbocycles. The van der Waals surface area contributed by atoms with Crippen molar-refractivity contribution in [3.63, 3.8) is 0 Å². The normalized spacial score (nSPS) is 10.8. The van der Waals surface area contributed by atoms with E-state index in [0.29, 0.717) is 12.3 Å². The van der Waals surface area contributed by atoms with Crippen LogP contribution >= 0.6 is 12.2 Å². The molecule has 0 saturated carbocycles. The van der Waals surface area contributed by atoms with Crippen molar-refractivity contribution in [3.05, 3.63) is 24.3 Å². The summed E-state index contributed by atoms with van der Waals surface area (Å²) in [4.78, 5) is 0. The Balaban J connectivity index is 2.59. The fourth-order valence-electron chi connectivity index (χ4n) is 1.02. The average Bonchev–Trinajstić information content (AvgIpc) is 2.19. The number of hydrogen-bond acceptors (Lipinski definition) is 3. The van der Waals surface area contributed by atoms with E-state index in [-0.39, 0.29) is 10.9 Å². The topological polar surface area (TPSA) is 30.5 Å². The SMILES string of the molecule is CCOC(=S)Nc1ccc(OC(F)(F)F)cc1. The maximum absolute atomic E-state index is 11.9. The van der Waals surface area contributed by atoms with Crippen LogP contribution in [0.4, 0.5) is 18.9 Å². The highest BCUT2D eigenvalue weighted by Gasteiger charge is 2.30. The summed E-state index contributed by atoms with van der Waals surface area (Å²) >= 11 is 4.81. The van der Waals surface area contributed by atoms with Gasteiger partial charge in [0, 0.05) is 5.69 Å². The van der Waals surface area contributed by atoms with E-state index in [2.05, 4.69) is 10.1 Å². The number of anilines is 1. The first-order chi connectivity index (χ1) is 7.90. The van der Waals surface area contributed by atoms with Gasteiger partial charge in [-0.3, -0.25) is 0 Å². The molecule has 0 amide bonds. The van der Waals surface area contributed by atoms with E-state index in [1.165, 1.54) is 24.3 Å². The molecule has 0 fully saturated rings. The Kier molecular flexibility index (Phi) is 4.56. The van der Waals surface area contributed by atoms with Crippen LogP contribution in [0.25, 0.3) is 0 Å². The van der Waals surface area contributed by atoms with E-state index in [0.717, 1.165) is 0 Å². The quantitative estimate of drug-likeness (QED) is 0.849. The predicted molar refractivity (Wildman–Crippen MR) is 61.0 cm³/mol. The standard InChI is InChI=1S/C10H10F3NO2S/c1-2-15-9(17)14-7-3-5-8(6-4-7)16-10(11,12)13/h3-6H,2H2,1H3,(H,14,17). The number of benzene rings is 1. The van der Waals surface area contributed by atoms with Crippen LogP contribution in [0.3, 0.4) is 0 Å². The molecule has 0 aliphatic rings. The van der Waals surface area contributed by atoms with Crippen LogP contribution < -0.4 is 10.1 Å². The molecule has 0 bridgehead atoms. The summed E-state index contributed by atoms with van der Waals surface area (Å²) in [7, 11) is 0. The first-order valence-electron chi connectivity index (χ1n) is 4.70. The van der Waals surface area contributed by atoms with Gasteiger partial charge in [0.15, 0.2) is 0 Å². The lowest BCUT2D eigenvalue weighted by Crippen LogP contribution is -2.17. The zero-order valence-electron chi connectivity index (χ0n) is 8.88. The summed E-state index contributed by atoms with van der Waals surface area (Å²) in [6.07, 6.45) is -4.68. The van der Waals surface area contributed by atoms with Crippen molar-refractivity contribution in [3.8, 4) is 5.75 Å². The fourth-order valence-corrected chi connectivity index (χ4v) is 1.26. The molecule has 0 aliphatic heterocycles.